The van der Waals surface area contributed by atoms with Crippen LogP contribution >= 0.6 is 11.3 Å². The van der Waals surface area contributed by atoms with Gasteiger partial charge >= 0.3 is 0 Å². The first-order valence-corrected chi connectivity index (χ1v) is 18.1. The summed E-state index contributed by atoms with van der Waals surface area (Å²) in [4.78, 5) is 14.6. The molecule has 0 bridgehead atoms. The minimum absolute atomic E-state index is 0.165. The molecule has 3 heterocycles. The molecule has 0 unspecified atom stereocenters. The van der Waals surface area contributed by atoms with Gasteiger partial charge in [-0.15, -0.1) is 11.3 Å². The Morgan fingerprint density at radius 1 is 0.531 bits per heavy atom. The van der Waals surface area contributed by atoms with E-state index in [4.69, 9.17) is 9.97 Å². The van der Waals surface area contributed by atoms with Crippen molar-refractivity contribution in [1.29, 1.82) is 0 Å². The third-order valence-electron chi connectivity index (χ3n) is 10.8. The molecule has 0 radical (unpaired) electrons. The average Bonchev–Trinajstić information content (AvgIpc) is 3.69. The number of fused-ring (bicyclic) bond motifs is 8. The monoisotopic (exact) mass is 647 g/mol. The lowest BCUT2D eigenvalue weighted by Crippen LogP contribution is -2.27. The van der Waals surface area contributed by atoms with Crippen LogP contribution in [0.3, 0.4) is 0 Å². The van der Waals surface area contributed by atoms with Crippen LogP contribution < -0.4 is 0 Å². The molecule has 49 heavy (non-hydrogen) atoms. The summed E-state index contributed by atoms with van der Waals surface area (Å²) in [5.41, 5.74) is 15.0. The number of hydrogen-bond donors (Lipinski definition) is 0. The normalized spacial score (nSPS) is 14.7. The molecule has 2 aliphatic carbocycles. The van der Waals surface area contributed by atoms with Gasteiger partial charge < -0.3 is 0 Å². The Labute approximate surface area is 290 Å². The van der Waals surface area contributed by atoms with E-state index in [1.807, 2.05) is 24.5 Å². The summed E-state index contributed by atoms with van der Waals surface area (Å²) in [6, 6.07) is 46.5. The lowest BCUT2D eigenvalue weighted by atomic mass is 9.68. The van der Waals surface area contributed by atoms with Crippen LogP contribution in [0.1, 0.15) is 43.2 Å². The van der Waals surface area contributed by atoms with Gasteiger partial charge in [-0.05, 0) is 81.6 Å². The lowest BCUT2D eigenvalue weighted by Gasteiger charge is -2.36. The first kappa shape index (κ1) is 28.6. The van der Waals surface area contributed by atoms with Crippen molar-refractivity contribution in [2.24, 2.45) is 0 Å². The molecular formula is C45H33N3S. The molecule has 8 aromatic rings. The van der Waals surface area contributed by atoms with E-state index in [0.29, 0.717) is 0 Å². The van der Waals surface area contributed by atoms with Crippen LogP contribution in [-0.4, -0.2) is 15.0 Å². The van der Waals surface area contributed by atoms with Gasteiger partial charge in [-0.1, -0.05) is 122 Å². The van der Waals surface area contributed by atoms with Crippen LogP contribution in [0.2, 0.25) is 0 Å². The van der Waals surface area contributed by atoms with Gasteiger partial charge in [0.25, 0.3) is 0 Å². The first-order valence-electron chi connectivity index (χ1n) is 17.3. The Morgan fingerprint density at radius 2 is 1.24 bits per heavy atom. The fourth-order valence-corrected chi connectivity index (χ4v) is 9.70. The molecule has 0 saturated heterocycles. The Bertz CT molecular complexity index is 2520. The summed E-state index contributed by atoms with van der Waals surface area (Å²) in [6.45, 7) is 0. The molecule has 3 nitrogen and oxygen atoms in total. The second-order valence-corrected chi connectivity index (χ2v) is 14.5. The van der Waals surface area contributed by atoms with Gasteiger partial charge in [0, 0.05) is 39.0 Å². The van der Waals surface area contributed by atoms with Gasteiger partial charge in [0.2, 0.25) is 0 Å². The first-order chi connectivity index (χ1) is 24.3. The highest BCUT2D eigenvalue weighted by molar-refractivity contribution is 7.26. The molecule has 2 aliphatic rings. The van der Waals surface area contributed by atoms with E-state index in [1.54, 1.807) is 11.3 Å². The van der Waals surface area contributed by atoms with E-state index in [1.165, 1.54) is 75.7 Å². The molecule has 3 aromatic heterocycles. The van der Waals surface area contributed by atoms with Crippen molar-refractivity contribution in [3.63, 3.8) is 0 Å². The Balaban J connectivity index is 1.05. The topological polar surface area (TPSA) is 38.7 Å². The zero-order valence-corrected chi connectivity index (χ0v) is 27.9. The fraction of sp³-hybridized carbons (Fsp3) is 0.133. The van der Waals surface area contributed by atoms with Gasteiger partial charge in [0.05, 0.1) is 15.9 Å². The average molecular weight is 648 g/mol. The Morgan fingerprint density at radius 3 is 2.12 bits per heavy atom. The van der Waals surface area contributed by atoms with Crippen molar-refractivity contribution in [3.05, 3.63) is 151 Å². The number of benzene rings is 5. The van der Waals surface area contributed by atoms with Crippen LogP contribution in [0.4, 0.5) is 0 Å². The molecule has 234 valence electrons. The number of thiophene rings is 1. The third-order valence-corrected chi connectivity index (χ3v) is 12.0. The zero-order chi connectivity index (χ0) is 32.4. The highest BCUT2D eigenvalue weighted by Gasteiger charge is 2.44. The van der Waals surface area contributed by atoms with Crippen molar-refractivity contribution in [2.75, 3.05) is 0 Å². The van der Waals surface area contributed by atoms with Crippen LogP contribution in [0, 0.1) is 0 Å². The van der Waals surface area contributed by atoms with Crippen molar-refractivity contribution >= 4 is 31.6 Å². The predicted octanol–water partition coefficient (Wildman–Crippen LogP) is 12.1. The van der Waals surface area contributed by atoms with Gasteiger partial charge in [-0.3, -0.25) is 4.98 Å². The molecule has 1 fully saturated rings. The molecule has 0 amide bonds. The molecule has 5 aromatic carbocycles. The van der Waals surface area contributed by atoms with E-state index >= 15 is 0 Å². The minimum Gasteiger partial charge on any atom is -0.265 e. The maximum absolute atomic E-state index is 5.18. The Hall–Kier alpha value is -5.45. The molecule has 1 spiro atoms. The smallest absolute Gasteiger partial charge is 0.160 e. The highest BCUT2D eigenvalue weighted by Crippen LogP contribution is 2.57. The third kappa shape index (κ3) is 4.51. The molecule has 0 aliphatic heterocycles. The summed E-state index contributed by atoms with van der Waals surface area (Å²) in [6.07, 6.45) is 10.1. The quantitative estimate of drug-likeness (QED) is 0.191. The number of hydrogen-bond acceptors (Lipinski definition) is 4. The Kier molecular flexibility index (Phi) is 6.60. The largest absolute Gasteiger partial charge is 0.265 e. The SMILES string of the molecule is c1cc(-c2ccc(-c3cccc4c3-c3ccccc3C43CCCCC3)cc2)cc(-c2nc(-c3ccncc3)c3sc4ccccc4c3n2)c1. The standard InChI is InChI=1S/C45H33N3S/c1-6-24-45(25-7-1)37-15-4-2-12-35(37)40-34(14-9-16-38(40)45)30-20-18-29(19-21-30)32-10-8-11-33(28-32)44-47-41(31-22-26-46-27-23-31)43-42(48-44)36-13-3-5-17-39(36)49-43/h2-5,8-23,26-28H,1,6-7,24-25H2. The lowest BCUT2D eigenvalue weighted by molar-refractivity contribution is 0.353. The summed E-state index contributed by atoms with van der Waals surface area (Å²) in [5, 5.41) is 1.16. The summed E-state index contributed by atoms with van der Waals surface area (Å²) >= 11 is 1.75. The number of aromatic nitrogens is 3. The summed E-state index contributed by atoms with van der Waals surface area (Å²) < 4.78 is 2.32. The number of pyridine rings is 1. The minimum atomic E-state index is 0.165. The van der Waals surface area contributed by atoms with Gasteiger partial charge in [-0.2, -0.15) is 0 Å². The zero-order valence-electron chi connectivity index (χ0n) is 27.1. The van der Waals surface area contributed by atoms with Gasteiger partial charge in [-0.25, -0.2) is 9.97 Å². The van der Waals surface area contributed by atoms with E-state index < -0.39 is 0 Å². The molecular weight excluding hydrogens is 615 g/mol. The van der Waals surface area contributed by atoms with Crippen molar-refractivity contribution < 1.29 is 0 Å². The van der Waals surface area contributed by atoms with Crippen LogP contribution in [0.15, 0.2) is 140 Å². The van der Waals surface area contributed by atoms with E-state index in [-0.39, 0.29) is 5.41 Å². The summed E-state index contributed by atoms with van der Waals surface area (Å²) in [7, 11) is 0. The molecule has 10 rings (SSSR count). The maximum atomic E-state index is 5.18. The maximum Gasteiger partial charge on any atom is 0.160 e. The van der Waals surface area contributed by atoms with E-state index in [0.717, 1.165) is 43.8 Å². The highest BCUT2D eigenvalue weighted by atomic mass is 32.1. The fourth-order valence-electron chi connectivity index (χ4n) is 8.54. The number of rotatable bonds is 4. The second kappa shape index (κ2) is 11.3. The number of nitrogens with zero attached hydrogens (tertiary/aromatic N) is 3. The van der Waals surface area contributed by atoms with Crippen molar-refractivity contribution in [1.82, 2.24) is 15.0 Å². The van der Waals surface area contributed by atoms with Gasteiger partial charge in [0.15, 0.2) is 5.82 Å². The van der Waals surface area contributed by atoms with Crippen LogP contribution in [-0.2, 0) is 5.41 Å². The van der Waals surface area contributed by atoms with Crippen molar-refractivity contribution in [3.8, 4) is 56.0 Å². The second-order valence-electron chi connectivity index (χ2n) is 13.5. The molecule has 4 heteroatoms. The van der Waals surface area contributed by atoms with Gasteiger partial charge in [0.1, 0.15) is 0 Å². The predicted molar refractivity (Wildman–Crippen MR) is 204 cm³/mol. The molecule has 0 atom stereocenters. The van der Waals surface area contributed by atoms with Crippen LogP contribution in [0.5, 0.6) is 0 Å². The molecule has 1 saturated carbocycles. The van der Waals surface area contributed by atoms with E-state index in [2.05, 4.69) is 120 Å². The van der Waals surface area contributed by atoms with Crippen molar-refractivity contribution in [2.45, 2.75) is 37.5 Å². The van der Waals surface area contributed by atoms with E-state index in [9.17, 15) is 0 Å². The summed E-state index contributed by atoms with van der Waals surface area (Å²) in [5.74, 6) is 0.733. The molecule has 0 N–H and O–H groups in total. The van der Waals surface area contributed by atoms with Crippen LogP contribution in [0.25, 0.3) is 76.3 Å².